The quantitative estimate of drug-likeness (QED) is 0.730. The molecule has 3 rings (SSSR count). The lowest BCUT2D eigenvalue weighted by molar-refractivity contribution is 0.0371. The van der Waals surface area contributed by atoms with Crippen LogP contribution in [-0.2, 0) is 9.84 Å². The van der Waals surface area contributed by atoms with Crippen molar-refractivity contribution >= 4 is 27.3 Å². The van der Waals surface area contributed by atoms with Gasteiger partial charge in [-0.2, -0.15) is 0 Å². The first-order chi connectivity index (χ1) is 11.3. The highest BCUT2D eigenvalue weighted by molar-refractivity contribution is 7.91. The summed E-state index contributed by atoms with van der Waals surface area (Å²) in [6.45, 7) is 7.75. The maximum Gasteiger partial charge on any atom is 0.267 e. The van der Waals surface area contributed by atoms with E-state index in [-0.39, 0.29) is 29.5 Å². The van der Waals surface area contributed by atoms with E-state index in [1.165, 1.54) is 5.57 Å². The summed E-state index contributed by atoms with van der Waals surface area (Å²) in [7, 11) is -3.13. The smallest absolute Gasteiger partial charge is 0.267 e. The molecule has 0 N–H and O–H groups in total. The number of sulfone groups is 1. The Bertz CT molecular complexity index is 767. The van der Waals surface area contributed by atoms with Gasteiger partial charge in [0, 0.05) is 25.7 Å². The van der Waals surface area contributed by atoms with E-state index >= 15 is 0 Å². The van der Waals surface area contributed by atoms with Crippen molar-refractivity contribution in [3.05, 3.63) is 22.2 Å². The van der Waals surface area contributed by atoms with Gasteiger partial charge in [-0.15, -0.1) is 5.10 Å². The minimum atomic E-state index is -3.13. The maximum atomic E-state index is 12.8. The fourth-order valence-electron chi connectivity index (χ4n) is 3.36. The number of allylic oxidation sites excluding steroid dienone is 1. The Morgan fingerprint density at radius 3 is 2.62 bits per heavy atom. The summed E-state index contributed by atoms with van der Waals surface area (Å²) in [5.74, 6) is 0.0225. The topological polar surface area (TPSA) is 83.5 Å². The Labute approximate surface area is 146 Å². The van der Waals surface area contributed by atoms with Crippen molar-refractivity contribution in [1.29, 1.82) is 0 Å². The molecule has 0 unspecified atom stereocenters. The van der Waals surface area contributed by atoms with Gasteiger partial charge < -0.3 is 4.90 Å². The summed E-state index contributed by atoms with van der Waals surface area (Å²) in [6.07, 6.45) is 2.11. The van der Waals surface area contributed by atoms with Crippen LogP contribution in [0.25, 0.3) is 0 Å². The number of nitrogens with zero attached hydrogens (tertiary/aromatic N) is 4. The molecule has 0 aliphatic carbocycles. The van der Waals surface area contributed by atoms with E-state index in [4.69, 9.17) is 0 Å². The Hall–Kier alpha value is -1.32. The molecule has 1 aromatic heterocycles. The number of aromatic nitrogens is 2. The van der Waals surface area contributed by atoms with Crippen molar-refractivity contribution in [3.8, 4) is 0 Å². The van der Waals surface area contributed by atoms with E-state index in [0.717, 1.165) is 18.1 Å². The van der Waals surface area contributed by atoms with Crippen LogP contribution >= 0.6 is 11.5 Å². The van der Waals surface area contributed by atoms with Gasteiger partial charge in [0.05, 0.1) is 23.2 Å². The van der Waals surface area contributed by atoms with Gasteiger partial charge in [0.25, 0.3) is 5.91 Å². The van der Waals surface area contributed by atoms with E-state index in [1.807, 2.05) is 13.8 Å². The first kappa shape index (κ1) is 17.5. The van der Waals surface area contributed by atoms with Crippen molar-refractivity contribution in [2.75, 3.05) is 31.1 Å². The van der Waals surface area contributed by atoms with Crippen LogP contribution in [0, 0.1) is 6.92 Å². The van der Waals surface area contributed by atoms with Gasteiger partial charge in [-0.3, -0.25) is 9.69 Å². The molecule has 7 nitrogen and oxygen atoms in total. The monoisotopic (exact) mass is 370 g/mol. The number of carbonyl (C=O) groups excluding carboxylic acids is 1. The molecule has 0 saturated carbocycles. The molecule has 1 amide bonds. The van der Waals surface area contributed by atoms with Gasteiger partial charge in [-0.25, -0.2) is 8.42 Å². The van der Waals surface area contributed by atoms with Crippen LogP contribution in [-0.4, -0.2) is 76.9 Å². The fraction of sp³-hybridized carbons (Fsp3) is 0.667. The van der Waals surface area contributed by atoms with Crippen LogP contribution in [0.15, 0.2) is 11.6 Å². The predicted molar refractivity (Wildman–Crippen MR) is 92.9 cm³/mol. The Morgan fingerprint density at radius 2 is 2.00 bits per heavy atom. The SMILES string of the molecule is CC(C)=CCN1CCN(C(=O)c2snnc2C)[C@H]2CS(=O)(=O)C[C@H]21. The van der Waals surface area contributed by atoms with E-state index in [2.05, 4.69) is 20.6 Å². The van der Waals surface area contributed by atoms with Gasteiger partial charge >= 0.3 is 0 Å². The molecular weight excluding hydrogens is 348 g/mol. The van der Waals surface area contributed by atoms with Crippen molar-refractivity contribution in [3.63, 3.8) is 0 Å². The molecule has 3 heterocycles. The van der Waals surface area contributed by atoms with E-state index in [9.17, 15) is 13.2 Å². The summed E-state index contributed by atoms with van der Waals surface area (Å²) in [5, 5.41) is 3.90. The predicted octanol–water partition coefficient (Wildman–Crippen LogP) is 0.736. The molecule has 0 spiro atoms. The summed E-state index contributed by atoms with van der Waals surface area (Å²) >= 11 is 1.08. The standard InChI is InChI=1S/C15H22N4O3S2/c1-10(2)4-5-18-6-7-19(13-9-24(21,22)8-12(13)18)15(20)14-11(3)16-17-23-14/h4,12-13H,5-9H2,1-3H3/t12-,13+/m1/s1. The van der Waals surface area contributed by atoms with Gasteiger partial charge in [0.15, 0.2) is 9.84 Å². The Balaban J connectivity index is 1.86. The molecule has 2 saturated heterocycles. The lowest BCUT2D eigenvalue weighted by Gasteiger charge is -2.43. The second-order valence-corrected chi connectivity index (χ2v) is 9.58. The first-order valence-corrected chi connectivity index (χ1v) is 10.6. The summed E-state index contributed by atoms with van der Waals surface area (Å²) in [4.78, 5) is 17.3. The minimum absolute atomic E-state index is 0.0417. The lowest BCUT2D eigenvalue weighted by Crippen LogP contribution is -2.60. The molecule has 2 fully saturated rings. The molecule has 2 aliphatic rings. The molecule has 1 aromatic rings. The fourth-order valence-corrected chi connectivity index (χ4v) is 5.99. The first-order valence-electron chi connectivity index (χ1n) is 7.96. The number of piperazine rings is 1. The molecule has 132 valence electrons. The van der Waals surface area contributed by atoms with Gasteiger partial charge in [-0.05, 0) is 32.3 Å². The third-order valence-electron chi connectivity index (χ3n) is 4.63. The molecule has 2 atom stereocenters. The van der Waals surface area contributed by atoms with Crippen LogP contribution in [0.3, 0.4) is 0 Å². The average molecular weight is 371 g/mol. The number of amides is 1. The zero-order valence-electron chi connectivity index (χ0n) is 14.1. The zero-order valence-corrected chi connectivity index (χ0v) is 15.7. The van der Waals surface area contributed by atoms with Crippen LogP contribution < -0.4 is 0 Å². The number of fused-ring (bicyclic) bond motifs is 1. The maximum absolute atomic E-state index is 12.8. The molecule has 0 bridgehead atoms. The number of carbonyl (C=O) groups is 1. The summed E-state index contributed by atoms with van der Waals surface area (Å²) < 4.78 is 28.2. The third kappa shape index (κ3) is 3.38. The van der Waals surface area contributed by atoms with Crippen molar-refractivity contribution in [1.82, 2.24) is 19.4 Å². The molecule has 0 radical (unpaired) electrons. The van der Waals surface area contributed by atoms with Crippen molar-refractivity contribution < 1.29 is 13.2 Å². The Kier molecular flexibility index (Phi) is 4.76. The normalized spacial score (nSPS) is 26.2. The number of rotatable bonds is 3. The lowest BCUT2D eigenvalue weighted by atomic mass is 10.0. The molecule has 2 aliphatic heterocycles. The van der Waals surface area contributed by atoms with Crippen LogP contribution in [0.1, 0.15) is 29.2 Å². The summed E-state index contributed by atoms with van der Waals surface area (Å²) in [6, 6.07) is -0.423. The molecule has 24 heavy (non-hydrogen) atoms. The van der Waals surface area contributed by atoms with Gasteiger partial charge in [0.2, 0.25) is 0 Å². The van der Waals surface area contributed by atoms with Crippen molar-refractivity contribution in [2.24, 2.45) is 0 Å². The van der Waals surface area contributed by atoms with Gasteiger partial charge in [-0.1, -0.05) is 16.1 Å². The van der Waals surface area contributed by atoms with Crippen LogP contribution in [0.4, 0.5) is 0 Å². The average Bonchev–Trinajstić information content (AvgIpc) is 3.05. The molecule has 9 heteroatoms. The molecule has 0 aromatic carbocycles. The third-order valence-corrected chi connectivity index (χ3v) is 7.15. The Morgan fingerprint density at radius 1 is 1.29 bits per heavy atom. The van der Waals surface area contributed by atoms with E-state index < -0.39 is 9.84 Å². The van der Waals surface area contributed by atoms with Crippen LogP contribution in [0.2, 0.25) is 0 Å². The second kappa shape index (κ2) is 6.53. The van der Waals surface area contributed by atoms with E-state index in [0.29, 0.717) is 23.7 Å². The second-order valence-electron chi connectivity index (χ2n) is 6.67. The number of hydrogen-bond donors (Lipinski definition) is 0. The highest BCUT2D eigenvalue weighted by atomic mass is 32.2. The van der Waals surface area contributed by atoms with Crippen molar-refractivity contribution in [2.45, 2.75) is 32.9 Å². The minimum Gasteiger partial charge on any atom is -0.331 e. The summed E-state index contributed by atoms with van der Waals surface area (Å²) in [5.41, 5.74) is 1.81. The number of aryl methyl sites for hydroxylation is 1. The van der Waals surface area contributed by atoms with Crippen LogP contribution in [0.5, 0.6) is 0 Å². The van der Waals surface area contributed by atoms with E-state index in [1.54, 1.807) is 11.8 Å². The highest BCUT2D eigenvalue weighted by Gasteiger charge is 2.48. The zero-order chi connectivity index (χ0) is 17.5. The van der Waals surface area contributed by atoms with Gasteiger partial charge in [0.1, 0.15) is 4.88 Å². The highest BCUT2D eigenvalue weighted by Crippen LogP contribution is 2.29. The number of hydrogen-bond acceptors (Lipinski definition) is 7. The largest absolute Gasteiger partial charge is 0.331 e. The molecular formula is C15H22N4O3S2.